The first-order chi connectivity index (χ1) is 9.63. The van der Waals surface area contributed by atoms with Crippen molar-refractivity contribution in [3.8, 4) is 11.5 Å². The molecule has 1 unspecified atom stereocenters. The average molecular weight is 334 g/mol. The molecule has 106 valence electrons. The van der Waals surface area contributed by atoms with Gasteiger partial charge >= 0.3 is 0 Å². The molecule has 2 aromatic carbocycles. The van der Waals surface area contributed by atoms with Crippen LogP contribution in [0.3, 0.4) is 0 Å². The Labute approximate surface area is 129 Å². The lowest BCUT2D eigenvalue weighted by Crippen LogP contribution is -1.99. The summed E-state index contributed by atoms with van der Waals surface area (Å²) >= 11 is 3.44. The molecule has 0 spiro atoms. The van der Waals surface area contributed by atoms with Crippen LogP contribution in [0, 0.1) is 0 Å². The van der Waals surface area contributed by atoms with Gasteiger partial charge in [0.15, 0.2) is 0 Å². The summed E-state index contributed by atoms with van der Waals surface area (Å²) in [4.78, 5) is 0. The second-order valence-corrected chi connectivity index (χ2v) is 5.85. The summed E-state index contributed by atoms with van der Waals surface area (Å²) in [5, 5.41) is 0. The maximum Gasteiger partial charge on any atom is 0.131 e. The van der Waals surface area contributed by atoms with Gasteiger partial charge < -0.3 is 10.5 Å². The maximum absolute atomic E-state index is 5.92. The van der Waals surface area contributed by atoms with Crippen LogP contribution >= 0.6 is 15.9 Å². The Morgan fingerprint density at radius 3 is 2.45 bits per heavy atom. The van der Waals surface area contributed by atoms with E-state index in [1.807, 2.05) is 30.3 Å². The van der Waals surface area contributed by atoms with Crippen molar-refractivity contribution in [3.63, 3.8) is 0 Å². The van der Waals surface area contributed by atoms with Crippen LogP contribution in [0.2, 0.25) is 0 Å². The molecule has 0 saturated heterocycles. The van der Waals surface area contributed by atoms with Crippen LogP contribution in [0.25, 0.3) is 0 Å². The van der Waals surface area contributed by atoms with E-state index < -0.39 is 0 Å². The SMILES string of the molecule is CCC(C)c1ccc(Oc2ccc(Br)cc2CN)cc1. The van der Waals surface area contributed by atoms with Crippen molar-refractivity contribution in [2.45, 2.75) is 32.7 Å². The standard InChI is InChI=1S/C17H20BrNO/c1-3-12(2)13-4-7-16(8-5-13)20-17-9-6-15(18)10-14(17)11-19/h4-10,12H,3,11,19H2,1-2H3. The van der Waals surface area contributed by atoms with Crippen molar-refractivity contribution in [1.29, 1.82) is 0 Å². The smallest absolute Gasteiger partial charge is 0.131 e. The van der Waals surface area contributed by atoms with Crippen molar-refractivity contribution in [1.82, 2.24) is 0 Å². The monoisotopic (exact) mass is 333 g/mol. The molecule has 0 heterocycles. The van der Waals surface area contributed by atoms with Gasteiger partial charge in [0.05, 0.1) is 0 Å². The molecule has 0 amide bonds. The Morgan fingerprint density at radius 1 is 1.15 bits per heavy atom. The summed E-state index contributed by atoms with van der Waals surface area (Å²) in [6.07, 6.45) is 1.14. The minimum atomic E-state index is 0.458. The highest BCUT2D eigenvalue weighted by Gasteiger charge is 2.06. The zero-order chi connectivity index (χ0) is 14.5. The third kappa shape index (κ3) is 3.62. The molecular weight excluding hydrogens is 314 g/mol. The first kappa shape index (κ1) is 15.1. The molecule has 2 rings (SSSR count). The first-order valence-corrected chi connectivity index (χ1v) is 7.69. The molecule has 2 N–H and O–H groups in total. The molecule has 2 nitrogen and oxygen atoms in total. The fraction of sp³-hybridized carbons (Fsp3) is 0.294. The number of hydrogen-bond donors (Lipinski definition) is 1. The number of ether oxygens (including phenoxy) is 1. The molecule has 0 radical (unpaired) electrons. The number of halogens is 1. The first-order valence-electron chi connectivity index (χ1n) is 6.90. The predicted molar refractivity (Wildman–Crippen MR) is 87.3 cm³/mol. The van der Waals surface area contributed by atoms with E-state index in [2.05, 4.69) is 41.9 Å². The fourth-order valence-corrected chi connectivity index (χ4v) is 2.44. The number of hydrogen-bond acceptors (Lipinski definition) is 2. The minimum absolute atomic E-state index is 0.458. The number of rotatable bonds is 5. The topological polar surface area (TPSA) is 35.2 Å². The van der Waals surface area contributed by atoms with Gasteiger partial charge in [0.2, 0.25) is 0 Å². The fourth-order valence-electron chi connectivity index (χ4n) is 2.03. The van der Waals surface area contributed by atoms with Crippen LogP contribution < -0.4 is 10.5 Å². The molecule has 1 atom stereocenters. The van der Waals surface area contributed by atoms with Crippen LogP contribution in [0.1, 0.15) is 37.3 Å². The molecule has 0 aliphatic carbocycles. The molecule has 0 saturated carbocycles. The lowest BCUT2D eigenvalue weighted by atomic mass is 9.99. The zero-order valence-corrected chi connectivity index (χ0v) is 13.5. The maximum atomic E-state index is 5.92. The summed E-state index contributed by atoms with van der Waals surface area (Å²) < 4.78 is 6.93. The van der Waals surface area contributed by atoms with Crippen LogP contribution in [0.4, 0.5) is 0 Å². The van der Waals surface area contributed by atoms with Crippen molar-refractivity contribution >= 4 is 15.9 Å². The molecular formula is C17H20BrNO. The van der Waals surface area contributed by atoms with Gasteiger partial charge in [-0.1, -0.05) is 41.9 Å². The molecule has 0 aromatic heterocycles. The van der Waals surface area contributed by atoms with E-state index in [9.17, 15) is 0 Å². The van der Waals surface area contributed by atoms with Crippen LogP contribution in [0.15, 0.2) is 46.9 Å². The summed E-state index contributed by atoms with van der Waals surface area (Å²) in [7, 11) is 0. The molecule has 3 heteroatoms. The van der Waals surface area contributed by atoms with Gasteiger partial charge in [-0.15, -0.1) is 0 Å². The van der Waals surface area contributed by atoms with E-state index in [1.54, 1.807) is 0 Å². The van der Waals surface area contributed by atoms with E-state index in [0.717, 1.165) is 28.0 Å². The second-order valence-electron chi connectivity index (χ2n) is 4.94. The van der Waals surface area contributed by atoms with Gasteiger partial charge in [-0.3, -0.25) is 0 Å². The molecule has 20 heavy (non-hydrogen) atoms. The summed E-state index contributed by atoms with van der Waals surface area (Å²) in [5.74, 6) is 2.23. The number of nitrogens with two attached hydrogens (primary N) is 1. The minimum Gasteiger partial charge on any atom is -0.457 e. The highest BCUT2D eigenvalue weighted by molar-refractivity contribution is 9.10. The quantitative estimate of drug-likeness (QED) is 0.814. The Hall–Kier alpha value is -1.32. The van der Waals surface area contributed by atoms with Gasteiger partial charge in [-0.2, -0.15) is 0 Å². The molecule has 0 aliphatic rings. The molecule has 0 aliphatic heterocycles. The van der Waals surface area contributed by atoms with Gasteiger partial charge in [0.25, 0.3) is 0 Å². The largest absolute Gasteiger partial charge is 0.457 e. The van der Waals surface area contributed by atoms with Gasteiger partial charge in [0, 0.05) is 16.6 Å². The van der Waals surface area contributed by atoms with Crippen molar-refractivity contribution in [2.75, 3.05) is 0 Å². The summed E-state index contributed by atoms with van der Waals surface area (Å²) in [6, 6.07) is 14.2. The number of benzene rings is 2. The van der Waals surface area contributed by atoms with Crippen molar-refractivity contribution < 1.29 is 4.74 Å². The highest BCUT2D eigenvalue weighted by Crippen LogP contribution is 2.29. The van der Waals surface area contributed by atoms with E-state index >= 15 is 0 Å². The molecule has 0 bridgehead atoms. The second kappa shape index (κ2) is 6.91. The van der Waals surface area contributed by atoms with Crippen LogP contribution in [0.5, 0.6) is 11.5 Å². The van der Waals surface area contributed by atoms with Crippen LogP contribution in [-0.2, 0) is 6.54 Å². The van der Waals surface area contributed by atoms with E-state index in [-0.39, 0.29) is 0 Å². The van der Waals surface area contributed by atoms with Crippen LogP contribution in [-0.4, -0.2) is 0 Å². The van der Waals surface area contributed by atoms with E-state index in [1.165, 1.54) is 5.56 Å². The summed E-state index contributed by atoms with van der Waals surface area (Å²) in [5.41, 5.74) is 8.09. The van der Waals surface area contributed by atoms with Crippen molar-refractivity contribution in [3.05, 3.63) is 58.1 Å². The Bertz CT molecular complexity index is 566. The molecule has 0 fully saturated rings. The van der Waals surface area contributed by atoms with E-state index in [4.69, 9.17) is 10.5 Å². The van der Waals surface area contributed by atoms with Crippen molar-refractivity contribution in [2.24, 2.45) is 5.73 Å². The molecule has 2 aromatic rings. The van der Waals surface area contributed by atoms with E-state index in [0.29, 0.717) is 12.5 Å². The Morgan fingerprint density at radius 2 is 1.85 bits per heavy atom. The average Bonchev–Trinajstić information content (AvgIpc) is 2.49. The lowest BCUT2D eigenvalue weighted by molar-refractivity contribution is 0.476. The Kier molecular flexibility index (Phi) is 5.21. The lowest BCUT2D eigenvalue weighted by Gasteiger charge is -2.12. The predicted octanol–water partition coefficient (Wildman–Crippen LogP) is 5.21. The third-order valence-corrected chi connectivity index (χ3v) is 4.03. The summed E-state index contributed by atoms with van der Waals surface area (Å²) in [6.45, 7) is 4.89. The zero-order valence-electron chi connectivity index (χ0n) is 11.9. The normalized spacial score (nSPS) is 12.2. The highest BCUT2D eigenvalue weighted by atomic mass is 79.9. The third-order valence-electron chi connectivity index (χ3n) is 3.53. The van der Waals surface area contributed by atoms with Gasteiger partial charge in [-0.05, 0) is 48.2 Å². The van der Waals surface area contributed by atoms with Gasteiger partial charge in [0.1, 0.15) is 11.5 Å². The van der Waals surface area contributed by atoms with Gasteiger partial charge in [-0.25, -0.2) is 0 Å². The Balaban J connectivity index is 2.18.